The van der Waals surface area contributed by atoms with Crippen LogP contribution in [0.15, 0.2) is 48.5 Å². The lowest BCUT2D eigenvalue weighted by atomic mass is 10.2. The van der Waals surface area contributed by atoms with Gasteiger partial charge in [-0.05, 0) is 23.8 Å². The topological polar surface area (TPSA) is 72.2 Å². The predicted octanol–water partition coefficient (Wildman–Crippen LogP) is 4.55. The molecule has 7 heteroatoms. The fraction of sp³-hybridized carbons (Fsp3) is 0. The van der Waals surface area contributed by atoms with Crippen LogP contribution in [0.2, 0.25) is 10.0 Å². The highest BCUT2D eigenvalue weighted by Crippen LogP contribution is 2.29. The number of carbonyl (C=O) groups is 1. The van der Waals surface area contributed by atoms with Crippen molar-refractivity contribution in [1.29, 1.82) is 0 Å². The lowest BCUT2D eigenvalue weighted by molar-refractivity contribution is -0.384. The number of anilines is 1. The van der Waals surface area contributed by atoms with Crippen molar-refractivity contribution in [3.05, 3.63) is 74.3 Å². The Bertz CT molecular complexity index is 760. The third-order valence-corrected chi connectivity index (χ3v) is 3.54. The van der Waals surface area contributed by atoms with E-state index in [0.717, 1.165) is 0 Å². The summed E-state index contributed by atoms with van der Waals surface area (Å²) in [6.07, 6.45) is 2.73. The molecule has 0 aromatic heterocycles. The molecule has 2 aromatic rings. The first-order valence-corrected chi connectivity index (χ1v) is 6.90. The van der Waals surface area contributed by atoms with Crippen LogP contribution in [0.1, 0.15) is 5.56 Å². The summed E-state index contributed by atoms with van der Waals surface area (Å²) >= 11 is 11.8. The number of rotatable bonds is 4. The minimum atomic E-state index is -0.497. The maximum atomic E-state index is 11.8. The Morgan fingerprint density at radius 3 is 2.64 bits per heavy atom. The lowest BCUT2D eigenvalue weighted by Crippen LogP contribution is -2.08. The van der Waals surface area contributed by atoms with Gasteiger partial charge in [0.1, 0.15) is 0 Å². The summed E-state index contributed by atoms with van der Waals surface area (Å²) < 4.78 is 0. The fourth-order valence-corrected chi connectivity index (χ4v) is 2.04. The summed E-state index contributed by atoms with van der Waals surface area (Å²) in [4.78, 5) is 22.0. The van der Waals surface area contributed by atoms with Gasteiger partial charge in [0.15, 0.2) is 0 Å². The number of hydrogen-bond donors (Lipinski definition) is 1. The van der Waals surface area contributed by atoms with E-state index in [1.165, 1.54) is 24.3 Å². The smallest absolute Gasteiger partial charge is 0.270 e. The standard InChI is InChI=1S/C15H10Cl2N2O3/c16-12-5-2-6-13(15(12)17)18-14(20)8-7-10-3-1-4-11(9-10)19(21)22/h1-9H,(H,18,20). The van der Waals surface area contributed by atoms with Gasteiger partial charge in [0, 0.05) is 18.2 Å². The number of nitrogens with zero attached hydrogens (tertiary/aromatic N) is 1. The number of amides is 1. The van der Waals surface area contributed by atoms with E-state index < -0.39 is 10.8 Å². The van der Waals surface area contributed by atoms with Crippen LogP contribution in [0.4, 0.5) is 11.4 Å². The molecule has 0 aliphatic heterocycles. The average Bonchev–Trinajstić information content (AvgIpc) is 2.50. The zero-order valence-electron chi connectivity index (χ0n) is 11.1. The third-order valence-electron chi connectivity index (χ3n) is 2.72. The van der Waals surface area contributed by atoms with Gasteiger partial charge in [0.2, 0.25) is 5.91 Å². The van der Waals surface area contributed by atoms with Gasteiger partial charge in [0.05, 0.1) is 20.7 Å². The zero-order valence-corrected chi connectivity index (χ0v) is 12.6. The molecule has 1 amide bonds. The SMILES string of the molecule is O=C(C=Cc1cccc([N+](=O)[O-])c1)Nc1cccc(Cl)c1Cl. The molecule has 0 fully saturated rings. The van der Waals surface area contributed by atoms with Crippen LogP contribution in [-0.4, -0.2) is 10.8 Å². The van der Waals surface area contributed by atoms with Gasteiger partial charge in [-0.1, -0.05) is 41.4 Å². The molecule has 0 spiro atoms. The summed E-state index contributed by atoms with van der Waals surface area (Å²) in [7, 11) is 0. The molecule has 0 aliphatic rings. The summed E-state index contributed by atoms with van der Waals surface area (Å²) in [6, 6.07) is 10.8. The van der Waals surface area contributed by atoms with Crippen molar-refractivity contribution in [1.82, 2.24) is 0 Å². The molecular formula is C15H10Cl2N2O3. The molecule has 2 aromatic carbocycles. The van der Waals surface area contributed by atoms with E-state index in [-0.39, 0.29) is 10.7 Å². The van der Waals surface area contributed by atoms with Gasteiger partial charge in [-0.15, -0.1) is 0 Å². The molecule has 0 radical (unpaired) electrons. The van der Waals surface area contributed by atoms with E-state index in [4.69, 9.17) is 23.2 Å². The first-order valence-electron chi connectivity index (χ1n) is 6.15. The second-order valence-electron chi connectivity index (χ2n) is 4.28. The summed E-state index contributed by atoms with van der Waals surface area (Å²) in [5.41, 5.74) is 0.893. The molecule has 0 heterocycles. The Labute approximate surface area is 136 Å². The highest BCUT2D eigenvalue weighted by molar-refractivity contribution is 6.44. The average molecular weight is 337 g/mol. The Balaban J connectivity index is 2.10. The van der Waals surface area contributed by atoms with E-state index in [9.17, 15) is 14.9 Å². The van der Waals surface area contributed by atoms with Crippen molar-refractivity contribution in [3.63, 3.8) is 0 Å². The highest BCUT2D eigenvalue weighted by Gasteiger charge is 2.07. The molecule has 22 heavy (non-hydrogen) atoms. The van der Waals surface area contributed by atoms with Crippen LogP contribution >= 0.6 is 23.2 Å². The van der Waals surface area contributed by atoms with E-state index in [2.05, 4.69) is 5.32 Å². The molecule has 5 nitrogen and oxygen atoms in total. The van der Waals surface area contributed by atoms with Gasteiger partial charge in [-0.3, -0.25) is 14.9 Å². The molecule has 0 aliphatic carbocycles. The first-order chi connectivity index (χ1) is 10.5. The molecule has 0 unspecified atom stereocenters. The summed E-state index contributed by atoms with van der Waals surface area (Å²) in [6.45, 7) is 0. The van der Waals surface area contributed by atoms with Crippen molar-refractivity contribution in [3.8, 4) is 0 Å². The summed E-state index contributed by atoms with van der Waals surface area (Å²) in [5, 5.41) is 13.8. The third kappa shape index (κ3) is 4.07. The number of carbonyl (C=O) groups excluding carboxylic acids is 1. The van der Waals surface area contributed by atoms with Gasteiger partial charge < -0.3 is 5.32 Å². The zero-order chi connectivity index (χ0) is 16.1. The Morgan fingerprint density at radius 2 is 1.91 bits per heavy atom. The van der Waals surface area contributed by atoms with Gasteiger partial charge in [-0.2, -0.15) is 0 Å². The molecular weight excluding hydrogens is 327 g/mol. The number of nitro benzene ring substituents is 1. The van der Waals surface area contributed by atoms with Crippen molar-refractivity contribution >= 4 is 46.6 Å². The maximum absolute atomic E-state index is 11.8. The van der Waals surface area contributed by atoms with E-state index in [1.54, 1.807) is 30.3 Å². The second-order valence-corrected chi connectivity index (χ2v) is 5.06. The highest BCUT2D eigenvalue weighted by atomic mass is 35.5. The monoisotopic (exact) mass is 336 g/mol. The van der Waals surface area contributed by atoms with E-state index >= 15 is 0 Å². The predicted molar refractivity (Wildman–Crippen MR) is 87.2 cm³/mol. The van der Waals surface area contributed by atoms with Gasteiger partial charge in [-0.25, -0.2) is 0 Å². The molecule has 0 atom stereocenters. The molecule has 112 valence electrons. The number of hydrogen-bond acceptors (Lipinski definition) is 3. The number of nitro groups is 1. The minimum absolute atomic E-state index is 0.0413. The largest absolute Gasteiger partial charge is 0.321 e. The summed E-state index contributed by atoms with van der Waals surface area (Å²) in [5.74, 6) is -0.421. The van der Waals surface area contributed by atoms with E-state index in [1.807, 2.05) is 0 Å². The number of nitrogens with one attached hydrogen (secondary N) is 1. The molecule has 1 N–H and O–H groups in total. The number of halogens is 2. The quantitative estimate of drug-likeness (QED) is 0.505. The van der Waals surface area contributed by atoms with Crippen molar-refractivity contribution < 1.29 is 9.72 Å². The molecule has 2 rings (SSSR count). The fourth-order valence-electron chi connectivity index (χ4n) is 1.69. The van der Waals surface area contributed by atoms with E-state index in [0.29, 0.717) is 16.3 Å². The lowest BCUT2D eigenvalue weighted by Gasteiger charge is -2.05. The van der Waals surface area contributed by atoms with Gasteiger partial charge in [0.25, 0.3) is 5.69 Å². The van der Waals surface area contributed by atoms with Crippen molar-refractivity contribution in [2.45, 2.75) is 0 Å². The number of benzene rings is 2. The van der Waals surface area contributed by atoms with Crippen LogP contribution in [0, 0.1) is 10.1 Å². The van der Waals surface area contributed by atoms with Gasteiger partial charge >= 0.3 is 0 Å². The van der Waals surface area contributed by atoms with Crippen LogP contribution in [0.3, 0.4) is 0 Å². The molecule has 0 saturated carbocycles. The van der Waals surface area contributed by atoms with Crippen LogP contribution < -0.4 is 5.32 Å². The normalized spacial score (nSPS) is 10.6. The van der Waals surface area contributed by atoms with Crippen LogP contribution in [0.5, 0.6) is 0 Å². The Hall–Kier alpha value is -2.37. The Kier molecular flexibility index (Phi) is 5.14. The molecule has 0 bridgehead atoms. The van der Waals surface area contributed by atoms with Crippen LogP contribution in [0.25, 0.3) is 6.08 Å². The molecule has 0 saturated heterocycles. The maximum Gasteiger partial charge on any atom is 0.270 e. The second kappa shape index (κ2) is 7.06. The first kappa shape index (κ1) is 16.0. The number of non-ortho nitro benzene ring substituents is 1. The van der Waals surface area contributed by atoms with Crippen LogP contribution in [-0.2, 0) is 4.79 Å². The van der Waals surface area contributed by atoms with Crippen molar-refractivity contribution in [2.75, 3.05) is 5.32 Å². The minimum Gasteiger partial charge on any atom is -0.321 e. The Morgan fingerprint density at radius 1 is 1.18 bits per heavy atom. The van der Waals surface area contributed by atoms with Crippen molar-refractivity contribution in [2.24, 2.45) is 0 Å².